The van der Waals surface area contributed by atoms with Crippen LogP contribution < -0.4 is 5.32 Å². The molecule has 1 aliphatic rings. The monoisotopic (exact) mass is 323 g/mol. The summed E-state index contributed by atoms with van der Waals surface area (Å²) in [5.41, 5.74) is 1.90. The molecule has 1 aromatic carbocycles. The molecule has 2 rings (SSSR count). The molecule has 2 unspecified atom stereocenters. The van der Waals surface area contributed by atoms with Gasteiger partial charge in [0, 0.05) is 16.1 Å². The number of carbonyl (C=O) groups excluding carboxylic acids is 1. The van der Waals surface area contributed by atoms with E-state index in [-0.39, 0.29) is 5.91 Å². The van der Waals surface area contributed by atoms with Crippen LogP contribution in [0.25, 0.3) is 0 Å². The van der Waals surface area contributed by atoms with Gasteiger partial charge in [0.25, 0.3) is 5.91 Å². The highest BCUT2D eigenvalue weighted by Gasteiger charge is 2.18. The Bertz CT molecular complexity index is 458. The summed E-state index contributed by atoms with van der Waals surface area (Å²) in [7, 11) is 0. The predicted molar refractivity (Wildman–Crippen MR) is 82.4 cm³/mol. The van der Waals surface area contributed by atoms with Crippen LogP contribution in [0.2, 0.25) is 0 Å². The quantitative estimate of drug-likeness (QED) is 0.800. The maximum atomic E-state index is 12.2. The average molecular weight is 324 g/mol. The van der Waals surface area contributed by atoms with Gasteiger partial charge in [-0.25, -0.2) is 0 Å². The van der Waals surface area contributed by atoms with E-state index in [9.17, 15) is 4.79 Å². The third-order valence-corrected chi connectivity index (χ3v) is 4.88. The summed E-state index contributed by atoms with van der Waals surface area (Å²) in [6.07, 6.45) is 5.97. The van der Waals surface area contributed by atoms with Crippen molar-refractivity contribution in [2.45, 2.75) is 52.0 Å². The molecule has 0 aromatic heterocycles. The number of nitrogens with one attached hydrogen (secondary N) is 1. The SMILES string of the molecule is Cc1ccc(C(=O)NC2CCCC(C)CC2)cc1Br. The van der Waals surface area contributed by atoms with E-state index in [4.69, 9.17) is 0 Å². The third-order valence-electron chi connectivity index (χ3n) is 4.03. The van der Waals surface area contributed by atoms with E-state index >= 15 is 0 Å². The van der Waals surface area contributed by atoms with Gasteiger partial charge in [-0.1, -0.05) is 41.8 Å². The zero-order valence-electron chi connectivity index (χ0n) is 11.7. The summed E-state index contributed by atoms with van der Waals surface area (Å²) in [4.78, 5) is 12.2. The number of hydrogen-bond donors (Lipinski definition) is 1. The molecule has 0 bridgehead atoms. The standard InChI is InChI=1S/C16H22BrNO/c1-11-4-3-5-14(9-6-11)18-16(19)13-8-7-12(2)15(17)10-13/h7-8,10-11,14H,3-6,9H2,1-2H3,(H,18,19). The molecule has 1 fully saturated rings. The molecule has 0 aliphatic heterocycles. The van der Waals surface area contributed by atoms with Crippen LogP contribution in [0.5, 0.6) is 0 Å². The van der Waals surface area contributed by atoms with Crippen LogP contribution in [0.4, 0.5) is 0 Å². The highest BCUT2D eigenvalue weighted by Crippen LogP contribution is 2.23. The molecule has 1 saturated carbocycles. The van der Waals surface area contributed by atoms with E-state index < -0.39 is 0 Å². The molecular weight excluding hydrogens is 302 g/mol. The lowest BCUT2D eigenvalue weighted by Crippen LogP contribution is -2.34. The number of halogens is 1. The van der Waals surface area contributed by atoms with Gasteiger partial charge in [-0.3, -0.25) is 4.79 Å². The zero-order chi connectivity index (χ0) is 13.8. The molecule has 1 aromatic rings. The number of rotatable bonds is 2. The van der Waals surface area contributed by atoms with Crippen molar-refractivity contribution in [2.75, 3.05) is 0 Å². The summed E-state index contributed by atoms with van der Waals surface area (Å²) in [5.74, 6) is 0.857. The Kier molecular flexibility index (Phi) is 5.03. The molecule has 3 heteroatoms. The van der Waals surface area contributed by atoms with Crippen LogP contribution in [-0.2, 0) is 0 Å². The van der Waals surface area contributed by atoms with Gasteiger partial charge in [0.2, 0.25) is 0 Å². The Morgan fingerprint density at radius 3 is 2.79 bits per heavy atom. The Labute approximate surface area is 124 Å². The van der Waals surface area contributed by atoms with Crippen molar-refractivity contribution in [3.8, 4) is 0 Å². The lowest BCUT2D eigenvalue weighted by molar-refractivity contribution is 0.0933. The predicted octanol–water partition coefficient (Wildman–Crippen LogP) is 4.46. The van der Waals surface area contributed by atoms with Crippen molar-refractivity contribution in [3.05, 3.63) is 33.8 Å². The fourth-order valence-corrected chi connectivity index (χ4v) is 3.01. The molecule has 1 amide bonds. The normalized spacial score (nSPS) is 23.7. The van der Waals surface area contributed by atoms with Gasteiger partial charge in [-0.2, -0.15) is 0 Å². The number of carbonyl (C=O) groups is 1. The summed E-state index contributed by atoms with van der Waals surface area (Å²) >= 11 is 3.48. The highest BCUT2D eigenvalue weighted by atomic mass is 79.9. The summed E-state index contributed by atoms with van der Waals surface area (Å²) in [6, 6.07) is 6.13. The number of benzene rings is 1. The van der Waals surface area contributed by atoms with Gasteiger partial charge in [-0.05, 0) is 49.8 Å². The summed E-state index contributed by atoms with van der Waals surface area (Å²) in [5, 5.41) is 3.18. The van der Waals surface area contributed by atoms with Crippen molar-refractivity contribution >= 4 is 21.8 Å². The van der Waals surface area contributed by atoms with E-state index in [1.165, 1.54) is 19.3 Å². The van der Waals surface area contributed by atoms with Gasteiger partial charge in [0.1, 0.15) is 0 Å². The van der Waals surface area contributed by atoms with Gasteiger partial charge in [-0.15, -0.1) is 0 Å². The van der Waals surface area contributed by atoms with Crippen LogP contribution in [0.1, 0.15) is 54.9 Å². The first kappa shape index (κ1) is 14.6. The molecule has 19 heavy (non-hydrogen) atoms. The lowest BCUT2D eigenvalue weighted by atomic mass is 10.0. The smallest absolute Gasteiger partial charge is 0.251 e. The highest BCUT2D eigenvalue weighted by molar-refractivity contribution is 9.10. The summed E-state index contributed by atoms with van der Waals surface area (Å²) < 4.78 is 0.995. The van der Waals surface area contributed by atoms with Crippen molar-refractivity contribution in [3.63, 3.8) is 0 Å². The van der Waals surface area contributed by atoms with E-state index in [2.05, 4.69) is 28.2 Å². The second-order valence-corrected chi connectivity index (χ2v) is 6.60. The van der Waals surface area contributed by atoms with Crippen LogP contribution in [0, 0.1) is 12.8 Å². The van der Waals surface area contributed by atoms with E-state index in [1.54, 1.807) is 0 Å². The van der Waals surface area contributed by atoms with Gasteiger partial charge >= 0.3 is 0 Å². The molecule has 0 heterocycles. The minimum absolute atomic E-state index is 0.0558. The van der Waals surface area contributed by atoms with Crippen molar-refractivity contribution < 1.29 is 4.79 Å². The number of hydrogen-bond acceptors (Lipinski definition) is 1. The number of amides is 1. The van der Waals surface area contributed by atoms with E-state index in [0.717, 1.165) is 34.4 Å². The first-order valence-electron chi connectivity index (χ1n) is 7.13. The molecule has 2 atom stereocenters. The lowest BCUT2D eigenvalue weighted by Gasteiger charge is -2.16. The van der Waals surface area contributed by atoms with Crippen LogP contribution in [0.15, 0.2) is 22.7 Å². The molecule has 104 valence electrons. The number of aryl methyl sites for hydroxylation is 1. The first-order valence-corrected chi connectivity index (χ1v) is 7.92. The maximum Gasteiger partial charge on any atom is 0.251 e. The molecular formula is C16H22BrNO. The fraction of sp³-hybridized carbons (Fsp3) is 0.562. The zero-order valence-corrected chi connectivity index (χ0v) is 13.3. The Morgan fingerprint density at radius 1 is 1.26 bits per heavy atom. The van der Waals surface area contributed by atoms with Crippen LogP contribution in [0.3, 0.4) is 0 Å². The molecule has 1 N–H and O–H groups in total. The first-order chi connectivity index (χ1) is 9.06. The third kappa shape index (κ3) is 4.07. The van der Waals surface area contributed by atoms with Crippen molar-refractivity contribution in [1.29, 1.82) is 0 Å². The summed E-state index contributed by atoms with van der Waals surface area (Å²) in [6.45, 7) is 4.33. The van der Waals surface area contributed by atoms with Gasteiger partial charge in [0.15, 0.2) is 0 Å². The Balaban J connectivity index is 1.98. The van der Waals surface area contributed by atoms with E-state index in [0.29, 0.717) is 6.04 Å². The Morgan fingerprint density at radius 2 is 2.05 bits per heavy atom. The van der Waals surface area contributed by atoms with Gasteiger partial charge in [0.05, 0.1) is 0 Å². The maximum absolute atomic E-state index is 12.2. The Hall–Kier alpha value is -0.830. The molecule has 2 nitrogen and oxygen atoms in total. The van der Waals surface area contributed by atoms with Gasteiger partial charge < -0.3 is 5.32 Å². The van der Waals surface area contributed by atoms with Crippen LogP contribution >= 0.6 is 15.9 Å². The van der Waals surface area contributed by atoms with Crippen molar-refractivity contribution in [1.82, 2.24) is 5.32 Å². The molecule has 1 aliphatic carbocycles. The topological polar surface area (TPSA) is 29.1 Å². The molecule has 0 radical (unpaired) electrons. The average Bonchev–Trinajstić information content (AvgIpc) is 2.58. The van der Waals surface area contributed by atoms with Crippen molar-refractivity contribution in [2.24, 2.45) is 5.92 Å². The second-order valence-electron chi connectivity index (χ2n) is 5.75. The molecule has 0 spiro atoms. The molecule has 0 saturated heterocycles. The van der Waals surface area contributed by atoms with E-state index in [1.807, 2.05) is 25.1 Å². The fourth-order valence-electron chi connectivity index (χ4n) is 2.63. The second kappa shape index (κ2) is 6.56. The largest absolute Gasteiger partial charge is 0.349 e. The minimum Gasteiger partial charge on any atom is -0.349 e. The minimum atomic E-state index is 0.0558. The van der Waals surface area contributed by atoms with Crippen LogP contribution in [-0.4, -0.2) is 11.9 Å².